The molecule has 1 aliphatic rings. The van der Waals surface area contributed by atoms with E-state index in [9.17, 15) is 9.59 Å². The number of ketones is 2. The first-order valence-corrected chi connectivity index (χ1v) is 6.84. The molecule has 0 spiro atoms. The highest BCUT2D eigenvalue weighted by Gasteiger charge is 2.30. The van der Waals surface area contributed by atoms with E-state index in [1.165, 1.54) is 18.1 Å². The van der Waals surface area contributed by atoms with Gasteiger partial charge in [0.05, 0.1) is 12.3 Å². The molecule has 0 bridgehead atoms. The van der Waals surface area contributed by atoms with Crippen molar-refractivity contribution in [1.29, 1.82) is 0 Å². The Morgan fingerprint density at radius 1 is 0.950 bits per heavy atom. The second-order valence-corrected chi connectivity index (χ2v) is 5.35. The van der Waals surface area contributed by atoms with Gasteiger partial charge in [0.15, 0.2) is 5.78 Å². The number of benzene rings is 2. The fourth-order valence-corrected chi connectivity index (χ4v) is 3.02. The van der Waals surface area contributed by atoms with Gasteiger partial charge in [-0.3, -0.25) is 9.59 Å². The Labute approximate surface area is 118 Å². The van der Waals surface area contributed by atoms with Crippen molar-refractivity contribution >= 4 is 11.6 Å². The van der Waals surface area contributed by atoms with Gasteiger partial charge in [-0.1, -0.05) is 48.5 Å². The van der Waals surface area contributed by atoms with Gasteiger partial charge in [0.1, 0.15) is 5.78 Å². The van der Waals surface area contributed by atoms with E-state index in [1.54, 1.807) is 0 Å². The number of carbonyl (C=O) groups is 2. The third kappa shape index (κ3) is 2.18. The van der Waals surface area contributed by atoms with Crippen LogP contribution in [0.4, 0.5) is 0 Å². The highest BCUT2D eigenvalue weighted by atomic mass is 16.1. The highest BCUT2D eigenvalue weighted by molar-refractivity contribution is 6.03. The van der Waals surface area contributed by atoms with Crippen LogP contribution in [0.3, 0.4) is 0 Å². The SMILES string of the molecule is CC(=O)CC(=O)C1c2ccccc2Cc2ccccc21. The quantitative estimate of drug-likeness (QED) is 0.797. The molecular weight excluding hydrogens is 248 g/mol. The van der Waals surface area contributed by atoms with E-state index >= 15 is 0 Å². The molecule has 0 N–H and O–H groups in total. The van der Waals surface area contributed by atoms with Crippen LogP contribution in [-0.4, -0.2) is 11.6 Å². The van der Waals surface area contributed by atoms with Crippen molar-refractivity contribution in [2.45, 2.75) is 25.7 Å². The van der Waals surface area contributed by atoms with Gasteiger partial charge in [0.2, 0.25) is 0 Å². The van der Waals surface area contributed by atoms with Crippen molar-refractivity contribution in [2.24, 2.45) is 0 Å². The highest BCUT2D eigenvalue weighted by Crippen LogP contribution is 2.37. The number of rotatable bonds is 3. The second kappa shape index (κ2) is 5.04. The fourth-order valence-electron chi connectivity index (χ4n) is 3.02. The van der Waals surface area contributed by atoms with Gasteiger partial charge in [0.25, 0.3) is 0 Å². The summed E-state index contributed by atoms with van der Waals surface area (Å²) in [6.45, 7) is 1.47. The van der Waals surface area contributed by atoms with Crippen molar-refractivity contribution < 1.29 is 9.59 Å². The van der Waals surface area contributed by atoms with E-state index in [0.29, 0.717) is 0 Å². The van der Waals surface area contributed by atoms with Gasteiger partial charge >= 0.3 is 0 Å². The van der Waals surface area contributed by atoms with Crippen molar-refractivity contribution in [3.8, 4) is 0 Å². The Balaban J connectivity index is 2.12. The molecule has 0 radical (unpaired) electrons. The Morgan fingerprint density at radius 3 is 1.95 bits per heavy atom. The van der Waals surface area contributed by atoms with Crippen molar-refractivity contribution in [3.63, 3.8) is 0 Å². The predicted molar refractivity (Wildman–Crippen MR) is 77.8 cm³/mol. The molecule has 0 aromatic heterocycles. The van der Waals surface area contributed by atoms with Crippen LogP contribution in [0.2, 0.25) is 0 Å². The van der Waals surface area contributed by atoms with E-state index in [1.807, 2.05) is 36.4 Å². The molecule has 0 aliphatic heterocycles. The lowest BCUT2D eigenvalue weighted by atomic mass is 9.75. The number of Topliss-reactive ketones (excluding diaryl/α,β-unsaturated/α-hetero) is 2. The van der Waals surface area contributed by atoms with Gasteiger partial charge < -0.3 is 0 Å². The summed E-state index contributed by atoms with van der Waals surface area (Å²) in [6.07, 6.45) is 0.865. The van der Waals surface area contributed by atoms with Crippen molar-refractivity contribution in [2.75, 3.05) is 0 Å². The first-order valence-electron chi connectivity index (χ1n) is 6.84. The van der Waals surface area contributed by atoms with Crippen LogP contribution in [0.15, 0.2) is 48.5 Å². The largest absolute Gasteiger partial charge is 0.300 e. The van der Waals surface area contributed by atoms with Crippen LogP contribution in [0.1, 0.15) is 41.5 Å². The molecule has 100 valence electrons. The molecule has 2 aromatic carbocycles. The maximum Gasteiger partial charge on any atom is 0.152 e. The summed E-state index contributed by atoms with van der Waals surface area (Å²) in [6, 6.07) is 16.1. The first-order chi connectivity index (χ1) is 9.66. The maximum atomic E-state index is 12.5. The summed E-state index contributed by atoms with van der Waals surface area (Å²) in [4.78, 5) is 23.8. The van der Waals surface area contributed by atoms with Gasteiger partial charge in [-0.25, -0.2) is 0 Å². The topological polar surface area (TPSA) is 34.1 Å². The van der Waals surface area contributed by atoms with Crippen LogP contribution in [-0.2, 0) is 16.0 Å². The molecule has 3 rings (SSSR count). The van der Waals surface area contributed by atoms with Gasteiger partial charge in [-0.2, -0.15) is 0 Å². The monoisotopic (exact) mass is 264 g/mol. The van der Waals surface area contributed by atoms with Crippen LogP contribution in [0.25, 0.3) is 0 Å². The van der Waals surface area contributed by atoms with Crippen LogP contribution in [0.5, 0.6) is 0 Å². The van der Waals surface area contributed by atoms with Crippen molar-refractivity contribution in [1.82, 2.24) is 0 Å². The Morgan fingerprint density at radius 2 is 1.45 bits per heavy atom. The molecule has 0 amide bonds. The molecule has 0 heterocycles. The Kier molecular flexibility index (Phi) is 3.23. The number of hydrogen-bond acceptors (Lipinski definition) is 2. The lowest BCUT2D eigenvalue weighted by Gasteiger charge is -2.27. The lowest BCUT2D eigenvalue weighted by molar-refractivity contribution is -0.126. The van der Waals surface area contributed by atoms with Crippen LogP contribution < -0.4 is 0 Å². The summed E-state index contributed by atoms with van der Waals surface area (Å²) < 4.78 is 0. The molecule has 20 heavy (non-hydrogen) atoms. The second-order valence-electron chi connectivity index (χ2n) is 5.35. The minimum Gasteiger partial charge on any atom is -0.300 e. The molecule has 0 fully saturated rings. The van der Waals surface area contributed by atoms with Gasteiger partial charge in [-0.05, 0) is 35.6 Å². The zero-order valence-corrected chi connectivity index (χ0v) is 11.4. The molecule has 2 nitrogen and oxygen atoms in total. The van der Waals surface area contributed by atoms with E-state index in [2.05, 4.69) is 12.1 Å². The average Bonchev–Trinajstić information content (AvgIpc) is 2.43. The molecular formula is C18H16O2. The molecule has 0 saturated heterocycles. The standard InChI is InChI=1S/C18H16O2/c1-12(19)10-17(20)18-15-8-4-2-6-13(15)11-14-7-3-5-9-16(14)18/h2-9,18H,10-11H2,1H3. The molecule has 0 unspecified atom stereocenters. The average molecular weight is 264 g/mol. The molecule has 0 saturated carbocycles. The Hall–Kier alpha value is -2.22. The smallest absolute Gasteiger partial charge is 0.152 e. The first kappa shape index (κ1) is 12.8. The normalized spacial score (nSPS) is 13.4. The zero-order valence-electron chi connectivity index (χ0n) is 11.4. The third-order valence-corrected chi connectivity index (χ3v) is 3.86. The summed E-state index contributed by atoms with van der Waals surface area (Å²) in [5, 5.41) is 0. The number of fused-ring (bicyclic) bond motifs is 2. The van der Waals surface area contributed by atoms with Crippen molar-refractivity contribution in [3.05, 3.63) is 70.8 Å². The zero-order chi connectivity index (χ0) is 14.1. The number of carbonyl (C=O) groups excluding carboxylic acids is 2. The summed E-state index contributed by atoms with van der Waals surface area (Å²) >= 11 is 0. The molecule has 2 heteroatoms. The maximum absolute atomic E-state index is 12.5. The summed E-state index contributed by atoms with van der Waals surface area (Å²) in [5.41, 5.74) is 4.48. The van der Waals surface area contributed by atoms with E-state index in [-0.39, 0.29) is 23.9 Å². The van der Waals surface area contributed by atoms with E-state index in [0.717, 1.165) is 17.5 Å². The molecule has 2 aromatic rings. The Bertz CT molecular complexity index is 640. The van der Waals surface area contributed by atoms with Crippen LogP contribution >= 0.6 is 0 Å². The fraction of sp³-hybridized carbons (Fsp3) is 0.222. The number of hydrogen-bond donors (Lipinski definition) is 0. The van der Waals surface area contributed by atoms with Gasteiger partial charge in [-0.15, -0.1) is 0 Å². The molecule has 0 atom stereocenters. The minimum absolute atomic E-state index is 0.00269. The lowest BCUT2D eigenvalue weighted by Crippen LogP contribution is -2.22. The molecule has 1 aliphatic carbocycles. The summed E-state index contributed by atoms with van der Waals surface area (Å²) in [7, 11) is 0. The van der Waals surface area contributed by atoms with Gasteiger partial charge in [0, 0.05) is 0 Å². The van der Waals surface area contributed by atoms with Crippen LogP contribution in [0, 0.1) is 0 Å². The predicted octanol–water partition coefficient (Wildman–Crippen LogP) is 3.27. The van der Waals surface area contributed by atoms with E-state index in [4.69, 9.17) is 0 Å². The third-order valence-electron chi connectivity index (χ3n) is 3.86. The minimum atomic E-state index is -0.292. The summed E-state index contributed by atoms with van der Waals surface area (Å²) in [5.74, 6) is -0.368. The van der Waals surface area contributed by atoms with E-state index < -0.39 is 0 Å².